The second kappa shape index (κ2) is 5.30. The van der Waals surface area contributed by atoms with Crippen LogP contribution in [0.25, 0.3) is 10.9 Å². The summed E-state index contributed by atoms with van der Waals surface area (Å²) in [6.07, 6.45) is 0.127. The Hall–Kier alpha value is -2.20. The number of halogens is 2. The summed E-state index contributed by atoms with van der Waals surface area (Å²) in [4.78, 5) is 12.3. The predicted molar refractivity (Wildman–Crippen MR) is 80.2 cm³/mol. The zero-order valence-corrected chi connectivity index (χ0v) is 12.1. The molecule has 3 aromatic rings. The Balaban J connectivity index is 1.94. The number of aryl methyl sites for hydroxylation is 1. The van der Waals surface area contributed by atoms with Crippen LogP contribution in [0.4, 0.5) is 4.39 Å². The number of carbonyl (C=O) groups is 1. The van der Waals surface area contributed by atoms with Crippen molar-refractivity contribution in [2.75, 3.05) is 0 Å². The van der Waals surface area contributed by atoms with E-state index in [1.807, 2.05) is 31.3 Å². The maximum absolute atomic E-state index is 13.4. The van der Waals surface area contributed by atoms with Gasteiger partial charge in [0.2, 0.25) is 0 Å². The molecule has 1 heterocycles. The van der Waals surface area contributed by atoms with Gasteiger partial charge in [0, 0.05) is 18.0 Å². The highest BCUT2D eigenvalue weighted by atomic mass is 35.5. The third kappa shape index (κ3) is 2.54. The summed E-state index contributed by atoms with van der Waals surface area (Å²) >= 11 is 5.62. The minimum Gasteiger partial charge on any atom is -0.294 e. The normalized spacial score (nSPS) is 11.0. The zero-order chi connectivity index (χ0) is 15.0. The van der Waals surface area contributed by atoms with E-state index in [1.165, 1.54) is 12.1 Å². The van der Waals surface area contributed by atoms with Crippen LogP contribution in [0.3, 0.4) is 0 Å². The molecule has 0 amide bonds. The lowest BCUT2D eigenvalue weighted by atomic mass is 10.0. The summed E-state index contributed by atoms with van der Waals surface area (Å²) in [6.45, 7) is 0. The highest BCUT2D eigenvalue weighted by molar-refractivity contribution is 6.30. The largest absolute Gasteiger partial charge is 0.294 e. The quantitative estimate of drug-likeness (QED) is 0.690. The van der Waals surface area contributed by atoms with Gasteiger partial charge in [-0.1, -0.05) is 29.8 Å². The van der Waals surface area contributed by atoms with E-state index in [9.17, 15) is 9.18 Å². The lowest BCUT2D eigenvalue weighted by Crippen LogP contribution is -2.05. The van der Waals surface area contributed by atoms with Crippen LogP contribution in [0, 0.1) is 5.82 Å². The lowest BCUT2D eigenvalue weighted by molar-refractivity contribution is 0.0991. The molecule has 3 nitrogen and oxygen atoms in total. The number of hydrogen-bond donors (Lipinski definition) is 0. The molecule has 0 saturated carbocycles. The van der Waals surface area contributed by atoms with E-state index in [0.717, 1.165) is 17.0 Å². The first-order valence-corrected chi connectivity index (χ1v) is 6.83. The first-order chi connectivity index (χ1) is 10.1. The fourth-order valence-electron chi connectivity index (χ4n) is 2.34. The van der Waals surface area contributed by atoms with Crippen molar-refractivity contribution >= 4 is 28.3 Å². The Morgan fingerprint density at radius 3 is 2.81 bits per heavy atom. The van der Waals surface area contributed by atoms with E-state index in [0.29, 0.717) is 11.3 Å². The first kappa shape index (κ1) is 13.8. The van der Waals surface area contributed by atoms with Crippen LogP contribution in [0.15, 0.2) is 42.5 Å². The standard InChI is InChI=1S/C16H12ClFN2O/c1-20-15-5-3-2-4-11(15)14(19-20)9-16(21)10-6-7-12(17)13(18)8-10/h2-8H,9H2,1H3. The molecule has 0 aliphatic heterocycles. The van der Waals surface area contributed by atoms with Crippen molar-refractivity contribution in [3.63, 3.8) is 0 Å². The average molecular weight is 303 g/mol. The highest BCUT2D eigenvalue weighted by Crippen LogP contribution is 2.21. The van der Waals surface area contributed by atoms with Gasteiger partial charge in [0.05, 0.1) is 22.7 Å². The monoisotopic (exact) mass is 302 g/mol. The molecule has 0 bridgehead atoms. The predicted octanol–water partition coefficient (Wildman–Crippen LogP) is 3.79. The smallest absolute Gasteiger partial charge is 0.169 e. The molecule has 0 atom stereocenters. The third-order valence-corrected chi connectivity index (χ3v) is 3.71. The molecule has 106 valence electrons. The summed E-state index contributed by atoms with van der Waals surface area (Å²) in [5.41, 5.74) is 1.95. The summed E-state index contributed by atoms with van der Waals surface area (Å²) < 4.78 is 15.2. The first-order valence-electron chi connectivity index (χ1n) is 6.45. The molecule has 0 unspecified atom stereocenters. The number of hydrogen-bond acceptors (Lipinski definition) is 2. The molecule has 0 N–H and O–H groups in total. The van der Waals surface area contributed by atoms with Gasteiger partial charge >= 0.3 is 0 Å². The van der Waals surface area contributed by atoms with Crippen LogP contribution in [0.1, 0.15) is 16.1 Å². The molecule has 0 aliphatic carbocycles. The van der Waals surface area contributed by atoms with Crippen LogP contribution >= 0.6 is 11.6 Å². The number of rotatable bonds is 3. The topological polar surface area (TPSA) is 34.9 Å². The Bertz CT molecular complexity index is 841. The molecule has 2 aromatic carbocycles. The van der Waals surface area contributed by atoms with E-state index < -0.39 is 5.82 Å². The summed E-state index contributed by atoms with van der Waals surface area (Å²) in [5, 5.41) is 5.31. The van der Waals surface area contributed by atoms with Gasteiger partial charge in [-0.3, -0.25) is 9.48 Å². The molecule has 0 saturated heterocycles. The Labute approximate surface area is 126 Å². The zero-order valence-electron chi connectivity index (χ0n) is 11.3. The molecule has 5 heteroatoms. The van der Waals surface area contributed by atoms with Crippen LogP contribution in [0.5, 0.6) is 0 Å². The van der Waals surface area contributed by atoms with E-state index in [4.69, 9.17) is 11.6 Å². The van der Waals surface area contributed by atoms with Gasteiger partial charge in [-0.05, 0) is 24.3 Å². The molecular formula is C16H12ClFN2O. The van der Waals surface area contributed by atoms with Gasteiger partial charge in [-0.2, -0.15) is 5.10 Å². The highest BCUT2D eigenvalue weighted by Gasteiger charge is 2.14. The van der Waals surface area contributed by atoms with Crippen molar-refractivity contribution in [2.24, 2.45) is 7.05 Å². The van der Waals surface area contributed by atoms with Crippen LogP contribution in [-0.4, -0.2) is 15.6 Å². The number of nitrogens with zero attached hydrogens (tertiary/aromatic N) is 2. The molecule has 0 aliphatic rings. The average Bonchev–Trinajstić information content (AvgIpc) is 2.79. The minimum absolute atomic E-state index is 0.00911. The molecule has 0 fully saturated rings. The molecule has 0 radical (unpaired) electrons. The second-order valence-electron chi connectivity index (χ2n) is 4.82. The van der Waals surface area contributed by atoms with E-state index >= 15 is 0 Å². The number of ketones is 1. The van der Waals surface area contributed by atoms with Gasteiger partial charge in [-0.25, -0.2) is 4.39 Å². The maximum atomic E-state index is 13.4. The van der Waals surface area contributed by atoms with Crippen molar-refractivity contribution in [3.8, 4) is 0 Å². The number of carbonyl (C=O) groups excluding carboxylic acids is 1. The fraction of sp³-hybridized carbons (Fsp3) is 0.125. The SMILES string of the molecule is Cn1nc(CC(=O)c2ccc(Cl)c(F)c2)c2ccccc21. The summed E-state index contributed by atoms with van der Waals surface area (Å²) in [6, 6.07) is 11.8. The van der Waals surface area contributed by atoms with Crippen LogP contribution < -0.4 is 0 Å². The van der Waals surface area contributed by atoms with Gasteiger partial charge in [0.25, 0.3) is 0 Å². The van der Waals surface area contributed by atoms with E-state index in [1.54, 1.807) is 4.68 Å². The summed E-state index contributed by atoms with van der Waals surface area (Å²) in [7, 11) is 1.83. The van der Waals surface area contributed by atoms with Gasteiger partial charge < -0.3 is 0 Å². The number of fused-ring (bicyclic) bond motifs is 1. The second-order valence-corrected chi connectivity index (χ2v) is 5.22. The van der Waals surface area contributed by atoms with E-state index in [-0.39, 0.29) is 17.2 Å². The molecule has 21 heavy (non-hydrogen) atoms. The Morgan fingerprint density at radius 2 is 2.05 bits per heavy atom. The fourth-order valence-corrected chi connectivity index (χ4v) is 2.46. The van der Waals surface area contributed by atoms with Gasteiger partial charge in [0.1, 0.15) is 5.82 Å². The maximum Gasteiger partial charge on any atom is 0.169 e. The number of benzene rings is 2. The molecule has 0 spiro atoms. The molecule has 1 aromatic heterocycles. The van der Waals surface area contributed by atoms with Crippen LogP contribution in [0.2, 0.25) is 5.02 Å². The third-order valence-electron chi connectivity index (χ3n) is 3.40. The number of aromatic nitrogens is 2. The molecule has 3 rings (SSSR count). The minimum atomic E-state index is -0.589. The number of para-hydroxylation sites is 1. The summed E-state index contributed by atoms with van der Waals surface area (Å²) in [5.74, 6) is -0.775. The number of Topliss-reactive ketones (excluding diaryl/α,β-unsaturated/α-hetero) is 1. The molecular weight excluding hydrogens is 291 g/mol. The Kier molecular flexibility index (Phi) is 3.47. The van der Waals surface area contributed by atoms with Crippen molar-refractivity contribution in [1.82, 2.24) is 9.78 Å². The van der Waals surface area contributed by atoms with Crippen LogP contribution in [-0.2, 0) is 13.5 Å². The lowest BCUT2D eigenvalue weighted by Gasteiger charge is -2.01. The van der Waals surface area contributed by atoms with Crippen molar-refractivity contribution < 1.29 is 9.18 Å². The van der Waals surface area contributed by atoms with E-state index in [2.05, 4.69) is 5.10 Å². The van der Waals surface area contributed by atoms with Crippen molar-refractivity contribution in [2.45, 2.75) is 6.42 Å². The van der Waals surface area contributed by atoms with Gasteiger partial charge in [-0.15, -0.1) is 0 Å². The van der Waals surface area contributed by atoms with Crippen molar-refractivity contribution in [3.05, 3.63) is 64.6 Å². The Morgan fingerprint density at radius 1 is 1.29 bits per heavy atom. The van der Waals surface area contributed by atoms with Gasteiger partial charge in [0.15, 0.2) is 5.78 Å². The van der Waals surface area contributed by atoms with Crippen molar-refractivity contribution in [1.29, 1.82) is 0 Å².